The Morgan fingerprint density at radius 1 is 0.794 bits per heavy atom. The van der Waals surface area contributed by atoms with Gasteiger partial charge in [-0.3, -0.25) is 33.6 Å². The summed E-state index contributed by atoms with van der Waals surface area (Å²) in [6.45, 7) is 4.46. The zero-order valence-corrected chi connectivity index (χ0v) is 39.6. The van der Waals surface area contributed by atoms with Crippen LogP contribution in [0.1, 0.15) is 120 Å². The van der Waals surface area contributed by atoms with E-state index in [0.29, 0.717) is 25.2 Å². The van der Waals surface area contributed by atoms with Crippen molar-refractivity contribution in [2.75, 3.05) is 32.8 Å². The minimum Gasteiger partial charge on any atom is -0.508 e. The number of hydrogen-bond donors (Lipinski definition) is 9. The van der Waals surface area contributed by atoms with E-state index >= 15 is 0 Å². The molecular weight excluding hydrogens is 875 g/mol. The molecule has 5 rings (SSSR count). The Balaban J connectivity index is 1.40. The number of nitrogens with one attached hydrogen (secondary N) is 5. The molecule has 0 saturated carbocycles. The number of ether oxygens (including phenoxy) is 1. The molecule has 19 nitrogen and oxygen atoms in total. The smallest absolute Gasteiger partial charge is 0.251 e. The molecule has 0 aromatic heterocycles. The zero-order valence-electron chi connectivity index (χ0n) is 39.6. The van der Waals surface area contributed by atoms with Crippen LogP contribution in [0.4, 0.5) is 0 Å². The minimum absolute atomic E-state index is 0.00167. The number of carbonyl (C=O) groups is 7. The van der Waals surface area contributed by atoms with E-state index in [4.69, 9.17) is 16.2 Å². The van der Waals surface area contributed by atoms with Crippen molar-refractivity contribution in [2.45, 2.75) is 159 Å². The topological polar surface area (TPSA) is 288 Å². The first-order valence-electron chi connectivity index (χ1n) is 24.5. The highest BCUT2D eigenvalue weighted by molar-refractivity contribution is 6.00. The molecule has 68 heavy (non-hydrogen) atoms. The second-order valence-electron chi connectivity index (χ2n) is 18.3. The fraction of sp³-hybridized carbons (Fsp3) is 0.612. The van der Waals surface area contributed by atoms with Crippen LogP contribution in [0.3, 0.4) is 0 Å². The Labute approximate surface area is 399 Å². The molecule has 8 atom stereocenters. The normalized spacial score (nSPS) is 25.0. The highest BCUT2D eigenvalue weighted by Crippen LogP contribution is 2.23. The van der Waals surface area contributed by atoms with Crippen molar-refractivity contribution in [3.05, 3.63) is 59.7 Å². The lowest BCUT2D eigenvalue weighted by Gasteiger charge is -2.32. The van der Waals surface area contributed by atoms with Crippen molar-refractivity contribution >= 4 is 41.4 Å². The summed E-state index contributed by atoms with van der Waals surface area (Å²) in [5.74, 6) is -3.81. The van der Waals surface area contributed by atoms with E-state index in [9.17, 15) is 43.8 Å². The summed E-state index contributed by atoms with van der Waals surface area (Å²) in [5.41, 5.74) is 13.2. The number of rotatable bonds is 17. The molecule has 2 aromatic rings. The van der Waals surface area contributed by atoms with Crippen molar-refractivity contribution in [1.82, 2.24) is 36.4 Å². The van der Waals surface area contributed by atoms with Crippen LogP contribution in [-0.2, 0) is 35.2 Å². The Kier molecular flexibility index (Phi) is 20.9. The molecule has 3 fully saturated rings. The number of aliphatic hydroxyl groups excluding tert-OH is 1. The van der Waals surface area contributed by atoms with Gasteiger partial charge in [0, 0.05) is 31.2 Å². The molecule has 3 aliphatic heterocycles. The lowest BCUT2D eigenvalue weighted by atomic mass is 10.0. The number of phenolic OH excluding ortho intramolecular Hbond substituents is 1. The Morgan fingerprint density at radius 2 is 1.50 bits per heavy atom. The molecule has 3 aliphatic rings. The first kappa shape index (κ1) is 53.2. The number of unbranched alkanes of at least 4 members (excludes halogenated alkanes) is 5. The summed E-state index contributed by atoms with van der Waals surface area (Å²) >= 11 is 0. The van der Waals surface area contributed by atoms with Gasteiger partial charge in [-0.05, 0) is 120 Å². The number of amides is 7. The summed E-state index contributed by atoms with van der Waals surface area (Å²) in [7, 11) is 0. The number of benzene rings is 2. The van der Waals surface area contributed by atoms with Crippen LogP contribution in [-0.4, -0.2) is 143 Å². The molecule has 19 heteroatoms. The highest BCUT2D eigenvalue weighted by Gasteiger charge is 2.43. The summed E-state index contributed by atoms with van der Waals surface area (Å²) in [4.78, 5) is 101. The molecule has 3 saturated heterocycles. The summed E-state index contributed by atoms with van der Waals surface area (Å²) in [6.07, 6.45) is 7.08. The average Bonchev–Trinajstić information content (AvgIpc) is 3.99. The molecule has 7 amide bonds. The molecule has 11 N–H and O–H groups in total. The number of aliphatic hydroxyl groups is 1. The molecular formula is C49H73N9O10. The largest absolute Gasteiger partial charge is 0.508 e. The number of aryl methyl sites for hydroxylation is 1. The predicted molar refractivity (Wildman–Crippen MR) is 254 cm³/mol. The molecule has 374 valence electrons. The van der Waals surface area contributed by atoms with Gasteiger partial charge in [-0.2, -0.15) is 0 Å². The molecule has 2 unspecified atom stereocenters. The van der Waals surface area contributed by atoms with E-state index in [-0.39, 0.29) is 82.4 Å². The lowest BCUT2D eigenvalue weighted by Crippen LogP contribution is -2.61. The van der Waals surface area contributed by atoms with E-state index in [2.05, 4.69) is 33.5 Å². The van der Waals surface area contributed by atoms with Gasteiger partial charge in [-0.1, -0.05) is 51.2 Å². The van der Waals surface area contributed by atoms with Gasteiger partial charge in [0.1, 0.15) is 47.8 Å². The van der Waals surface area contributed by atoms with Crippen LogP contribution in [0, 0.1) is 0 Å². The lowest BCUT2D eigenvalue weighted by molar-refractivity contribution is -0.144. The van der Waals surface area contributed by atoms with Gasteiger partial charge in [-0.25, -0.2) is 0 Å². The van der Waals surface area contributed by atoms with E-state index in [1.54, 1.807) is 36.4 Å². The van der Waals surface area contributed by atoms with E-state index < -0.39 is 89.7 Å². The fourth-order valence-corrected chi connectivity index (χ4v) is 8.97. The van der Waals surface area contributed by atoms with Gasteiger partial charge in [0.15, 0.2) is 0 Å². The number of nitrogens with zero attached hydrogens (tertiary/aromatic N) is 2. The van der Waals surface area contributed by atoms with Gasteiger partial charge in [-0.15, -0.1) is 0 Å². The molecule has 0 bridgehead atoms. The Hall–Kier alpha value is -5.79. The van der Waals surface area contributed by atoms with E-state index in [0.717, 1.165) is 24.8 Å². The summed E-state index contributed by atoms with van der Waals surface area (Å²) in [5, 5.41) is 34.7. The monoisotopic (exact) mass is 948 g/mol. The maximum absolute atomic E-state index is 14.3. The highest BCUT2D eigenvalue weighted by atomic mass is 16.5. The standard InChI is InChI=1S/C49H73N9O10/c1-3-4-5-6-7-8-28-68-36-22-18-33(19-23-36)43(61)53-37-13-10-26-52-46(64)41-29-34(51)30-58(41)48(66)39(12-9-25-50)55-44(62)38(24-17-32-15-20-35(60)21-16-32)54-47(65)40-14-11-27-57(40)49(67)42(31(2)59)56-45(37)63/h15-16,18-23,31,34,37-42,59-60H,3-14,17,24-30,50-51H2,1-2H3,(H,52,64)(H,53,61)(H,54,65)(H,55,62)(H,56,63)/t31?,34?,37-,38-,39-,40-,41-,42-/m0/s1. The molecule has 0 radical (unpaired) electrons. The van der Waals surface area contributed by atoms with E-state index in [1.165, 1.54) is 48.1 Å². The third-order valence-electron chi connectivity index (χ3n) is 12.9. The van der Waals surface area contributed by atoms with Crippen molar-refractivity contribution in [3.63, 3.8) is 0 Å². The average molecular weight is 948 g/mol. The number of aromatic hydroxyl groups is 1. The van der Waals surface area contributed by atoms with Crippen LogP contribution < -0.4 is 42.8 Å². The van der Waals surface area contributed by atoms with Gasteiger partial charge in [0.2, 0.25) is 35.4 Å². The maximum Gasteiger partial charge on any atom is 0.251 e. The predicted octanol–water partition coefficient (Wildman–Crippen LogP) is 1.27. The number of carbonyl (C=O) groups excluding carboxylic acids is 7. The summed E-state index contributed by atoms with van der Waals surface area (Å²) in [6, 6.07) is 5.20. The van der Waals surface area contributed by atoms with Crippen molar-refractivity contribution in [2.24, 2.45) is 11.5 Å². The van der Waals surface area contributed by atoms with Gasteiger partial charge in [0.05, 0.1) is 12.7 Å². The SMILES string of the molecule is CCCCCCCCOc1ccc(C(=O)N[C@H]2CCCNC(=O)[C@@H]3CC(N)CN3C(=O)[C@H](CCCN)NC(=O)[C@H](CCc3ccc(O)cc3)NC(=O)[C@@H]3CCCN3C(=O)[C@H](C(C)O)NC2=O)cc1. The second kappa shape index (κ2) is 26.7. The van der Waals surface area contributed by atoms with E-state index in [1.807, 2.05) is 0 Å². The van der Waals surface area contributed by atoms with Crippen molar-refractivity contribution in [1.29, 1.82) is 0 Å². The summed E-state index contributed by atoms with van der Waals surface area (Å²) < 4.78 is 5.88. The first-order valence-corrected chi connectivity index (χ1v) is 24.5. The molecule has 0 spiro atoms. The molecule has 2 aromatic carbocycles. The van der Waals surface area contributed by atoms with Gasteiger partial charge >= 0.3 is 0 Å². The van der Waals surface area contributed by atoms with Crippen molar-refractivity contribution in [3.8, 4) is 11.5 Å². The fourth-order valence-electron chi connectivity index (χ4n) is 8.97. The Morgan fingerprint density at radius 3 is 2.21 bits per heavy atom. The third kappa shape index (κ3) is 15.4. The van der Waals surface area contributed by atoms with Crippen molar-refractivity contribution < 1.29 is 48.5 Å². The number of fused-ring (bicyclic) bond motifs is 2. The zero-order chi connectivity index (χ0) is 49.2. The number of hydrogen-bond acceptors (Lipinski definition) is 12. The van der Waals surface area contributed by atoms with Crippen LogP contribution in [0.2, 0.25) is 0 Å². The second-order valence-corrected chi connectivity index (χ2v) is 18.3. The minimum atomic E-state index is -1.52. The van der Waals surface area contributed by atoms with Gasteiger partial charge in [0.25, 0.3) is 5.91 Å². The maximum atomic E-state index is 14.3. The number of nitrogens with two attached hydrogens (primary N) is 2. The third-order valence-corrected chi connectivity index (χ3v) is 12.9. The molecule has 3 heterocycles. The van der Waals surface area contributed by atoms with Crippen LogP contribution in [0.15, 0.2) is 48.5 Å². The van der Waals surface area contributed by atoms with Crippen LogP contribution in [0.5, 0.6) is 11.5 Å². The first-order chi connectivity index (χ1) is 32.7. The Bertz CT molecular complexity index is 2000. The molecule has 0 aliphatic carbocycles. The number of phenols is 1. The van der Waals surface area contributed by atoms with Crippen LogP contribution >= 0.6 is 0 Å². The van der Waals surface area contributed by atoms with Gasteiger partial charge < -0.3 is 62.8 Å². The van der Waals surface area contributed by atoms with Crippen LogP contribution in [0.25, 0.3) is 0 Å². The quantitative estimate of drug-likeness (QED) is 0.101.